The highest BCUT2D eigenvalue weighted by Gasteiger charge is 2.20. The number of benzene rings is 2. The highest BCUT2D eigenvalue weighted by atomic mass is 127. The van der Waals surface area contributed by atoms with Crippen LogP contribution in [0.3, 0.4) is 0 Å². The molecule has 2 aromatic carbocycles. The number of hydrogen-bond donors (Lipinski definition) is 0. The Labute approximate surface area is 233 Å². The Morgan fingerprint density at radius 3 is 2.50 bits per heavy atom. The maximum Gasteiger partial charge on any atom is 0.347 e. The predicted molar refractivity (Wildman–Crippen MR) is 154 cm³/mol. The van der Waals surface area contributed by atoms with Crippen LogP contribution in [0.4, 0.5) is 0 Å². The molecule has 1 heterocycles. The lowest BCUT2D eigenvalue weighted by atomic mass is 10.1. The summed E-state index contributed by atoms with van der Waals surface area (Å²) in [5.74, 6) is 0.866. The van der Waals surface area contributed by atoms with Gasteiger partial charge in [-0.25, -0.2) is 9.78 Å². The maximum atomic E-state index is 13.3. The summed E-state index contributed by atoms with van der Waals surface area (Å²) in [7, 11) is 0. The van der Waals surface area contributed by atoms with Crippen LogP contribution in [0.1, 0.15) is 51.4 Å². The second-order valence-electron chi connectivity index (χ2n) is 7.63. The van der Waals surface area contributed by atoms with Gasteiger partial charge in [0.05, 0.1) is 30.9 Å². The van der Waals surface area contributed by atoms with Crippen LogP contribution < -0.4 is 10.3 Å². The van der Waals surface area contributed by atoms with Gasteiger partial charge in [-0.05, 0) is 101 Å². The van der Waals surface area contributed by atoms with Crippen LogP contribution in [-0.4, -0.2) is 34.6 Å². The van der Waals surface area contributed by atoms with Crippen molar-refractivity contribution in [1.82, 2.24) is 9.66 Å². The Morgan fingerprint density at radius 2 is 1.88 bits per heavy atom. The summed E-state index contributed by atoms with van der Waals surface area (Å²) in [5, 5.41) is 5.03. The molecule has 1 aromatic heterocycles. The molecule has 10 heteroatoms. The number of carbonyl (C=O) groups excluding carboxylic acids is 1. The molecule has 0 spiro atoms. The first-order valence-corrected chi connectivity index (χ1v) is 13.7. The van der Waals surface area contributed by atoms with Crippen molar-refractivity contribution in [3.63, 3.8) is 0 Å². The van der Waals surface area contributed by atoms with Crippen LogP contribution >= 0.6 is 61.1 Å². The standard InChI is InChI=1S/C24H24BrI2N3O4/c1-5-13(3)22-29-20-8-7-16(25)11-17(20)23(31)30(22)28-12-15-9-18(26)21(19(27)10-15)34-14(4)24(32)33-6-2/h7-14H,5-6H2,1-4H3/t13-,14-/m0/s1. The topological polar surface area (TPSA) is 82.8 Å². The Kier molecular flexibility index (Phi) is 9.49. The second kappa shape index (κ2) is 11.9. The molecule has 0 saturated heterocycles. The van der Waals surface area contributed by atoms with Gasteiger partial charge in [0.2, 0.25) is 0 Å². The lowest BCUT2D eigenvalue weighted by molar-refractivity contribution is -0.150. The van der Waals surface area contributed by atoms with E-state index in [0.717, 1.165) is 23.6 Å². The summed E-state index contributed by atoms with van der Waals surface area (Å²) in [6.07, 6.45) is 1.74. The van der Waals surface area contributed by atoms with Crippen molar-refractivity contribution in [3.8, 4) is 5.75 Å². The van der Waals surface area contributed by atoms with Crippen molar-refractivity contribution in [2.45, 2.75) is 46.1 Å². The minimum atomic E-state index is -0.721. The molecule has 2 atom stereocenters. The molecular weight excluding hydrogens is 728 g/mol. The van der Waals surface area contributed by atoms with E-state index in [9.17, 15) is 9.59 Å². The smallest absolute Gasteiger partial charge is 0.347 e. The van der Waals surface area contributed by atoms with E-state index in [-0.39, 0.29) is 11.5 Å². The lowest BCUT2D eigenvalue weighted by Gasteiger charge is -2.16. The molecule has 0 aliphatic carbocycles. The Morgan fingerprint density at radius 1 is 1.21 bits per heavy atom. The Hall–Kier alpha value is -1.54. The Bertz CT molecular complexity index is 1290. The third-order valence-corrected chi connectivity index (χ3v) is 7.24. The summed E-state index contributed by atoms with van der Waals surface area (Å²) in [6, 6.07) is 9.25. The number of rotatable bonds is 8. The van der Waals surface area contributed by atoms with E-state index in [1.807, 2.05) is 31.2 Å². The van der Waals surface area contributed by atoms with E-state index in [4.69, 9.17) is 14.5 Å². The molecule has 0 fully saturated rings. The number of fused-ring (bicyclic) bond motifs is 1. The first-order valence-electron chi connectivity index (χ1n) is 10.7. The number of halogens is 3. The van der Waals surface area contributed by atoms with Crippen LogP contribution in [0, 0.1) is 7.14 Å². The molecular formula is C24H24BrI2N3O4. The number of ether oxygens (including phenoxy) is 2. The third-order valence-electron chi connectivity index (χ3n) is 5.14. The quantitative estimate of drug-likeness (QED) is 0.158. The molecule has 180 valence electrons. The average Bonchev–Trinajstić information content (AvgIpc) is 2.80. The fraction of sp³-hybridized carbons (Fsp3) is 0.333. The van der Waals surface area contributed by atoms with E-state index in [2.05, 4.69) is 73.1 Å². The molecule has 0 aliphatic rings. The van der Waals surface area contributed by atoms with Crippen molar-refractivity contribution in [1.29, 1.82) is 0 Å². The van der Waals surface area contributed by atoms with Gasteiger partial charge in [0.15, 0.2) is 6.10 Å². The van der Waals surface area contributed by atoms with Gasteiger partial charge in [-0.1, -0.05) is 29.8 Å². The van der Waals surface area contributed by atoms with Crippen LogP contribution in [0.25, 0.3) is 10.9 Å². The molecule has 0 amide bonds. The minimum Gasteiger partial charge on any atom is -0.477 e. The maximum absolute atomic E-state index is 13.3. The van der Waals surface area contributed by atoms with Crippen LogP contribution in [-0.2, 0) is 9.53 Å². The summed E-state index contributed by atoms with van der Waals surface area (Å²) in [6.45, 7) is 7.80. The fourth-order valence-corrected chi connectivity index (χ4v) is 5.59. The molecule has 3 aromatic rings. The number of nitrogens with zero attached hydrogens (tertiary/aromatic N) is 3. The molecule has 7 nitrogen and oxygen atoms in total. The molecule has 3 rings (SSSR count). The fourth-order valence-electron chi connectivity index (χ4n) is 3.15. The predicted octanol–water partition coefficient (Wildman–Crippen LogP) is 6.09. The van der Waals surface area contributed by atoms with Crippen LogP contribution in [0.5, 0.6) is 5.75 Å². The number of carbonyl (C=O) groups is 1. The molecule has 0 bridgehead atoms. The summed E-state index contributed by atoms with van der Waals surface area (Å²) < 4.78 is 14.7. The highest BCUT2D eigenvalue weighted by molar-refractivity contribution is 14.1. The monoisotopic (exact) mass is 751 g/mol. The molecule has 0 aliphatic heterocycles. The zero-order valence-corrected chi connectivity index (χ0v) is 25.0. The third kappa shape index (κ3) is 6.17. The van der Waals surface area contributed by atoms with E-state index in [1.165, 1.54) is 4.68 Å². The number of aromatic nitrogens is 2. The van der Waals surface area contributed by atoms with Gasteiger partial charge >= 0.3 is 5.97 Å². The van der Waals surface area contributed by atoms with E-state index >= 15 is 0 Å². The zero-order chi connectivity index (χ0) is 25.0. The zero-order valence-electron chi connectivity index (χ0n) is 19.1. The molecule has 34 heavy (non-hydrogen) atoms. The van der Waals surface area contributed by atoms with E-state index in [1.54, 1.807) is 26.1 Å². The largest absolute Gasteiger partial charge is 0.477 e. The number of hydrogen-bond acceptors (Lipinski definition) is 6. The van der Waals surface area contributed by atoms with E-state index < -0.39 is 12.1 Å². The SMILES string of the molecule is CCOC(=O)[C@H](C)Oc1c(I)cc(C=Nn2c([C@@H](C)CC)nc3ccc(Br)cc3c2=O)cc1I. The number of esters is 1. The van der Waals surface area contributed by atoms with Crippen molar-refractivity contribution in [3.05, 3.63) is 63.7 Å². The van der Waals surface area contributed by atoms with Crippen molar-refractivity contribution < 1.29 is 14.3 Å². The lowest BCUT2D eigenvalue weighted by Crippen LogP contribution is -2.26. The van der Waals surface area contributed by atoms with Gasteiger partial charge < -0.3 is 9.47 Å². The average molecular weight is 752 g/mol. The van der Waals surface area contributed by atoms with Crippen molar-refractivity contribution >= 4 is 84.2 Å². The first-order chi connectivity index (χ1) is 16.2. The van der Waals surface area contributed by atoms with Crippen molar-refractivity contribution in [2.75, 3.05) is 6.61 Å². The minimum absolute atomic E-state index is 0.0540. The summed E-state index contributed by atoms with van der Waals surface area (Å²) in [4.78, 5) is 30.0. The van der Waals surface area contributed by atoms with Gasteiger partial charge in [-0.2, -0.15) is 9.78 Å². The van der Waals surface area contributed by atoms with Crippen LogP contribution in [0.15, 0.2) is 44.7 Å². The van der Waals surface area contributed by atoms with Gasteiger partial charge in [-0.15, -0.1) is 0 Å². The van der Waals surface area contributed by atoms with Gasteiger partial charge in [0, 0.05) is 10.4 Å². The summed E-state index contributed by atoms with van der Waals surface area (Å²) in [5.41, 5.74) is 1.23. The van der Waals surface area contributed by atoms with Gasteiger partial charge in [0.1, 0.15) is 11.6 Å². The Balaban J connectivity index is 2.00. The molecule has 0 unspecified atom stereocenters. The highest BCUT2D eigenvalue weighted by Crippen LogP contribution is 2.30. The van der Waals surface area contributed by atoms with Gasteiger partial charge in [0.25, 0.3) is 5.56 Å². The molecule has 0 radical (unpaired) electrons. The van der Waals surface area contributed by atoms with E-state index in [0.29, 0.717) is 29.1 Å². The normalized spacial score (nSPS) is 13.3. The van der Waals surface area contributed by atoms with Crippen LogP contribution in [0.2, 0.25) is 0 Å². The molecule has 0 saturated carbocycles. The van der Waals surface area contributed by atoms with Crippen molar-refractivity contribution in [2.24, 2.45) is 5.10 Å². The first kappa shape index (κ1) is 27.1. The summed E-state index contributed by atoms with van der Waals surface area (Å²) >= 11 is 7.75. The van der Waals surface area contributed by atoms with Gasteiger partial charge in [-0.3, -0.25) is 4.79 Å². The molecule has 0 N–H and O–H groups in total. The second-order valence-corrected chi connectivity index (χ2v) is 10.9.